The lowest BCUT2D eigenvalue weighted by atomic mass is 10.3. The van der Waals surface area contributed by atoms with Crippen LogP contribution in [0.1, 0.15) is 10.4 Å². The fraction of sp³-hybridized carbons (Fsp3) is 0.231. The highest BCUT2D eigenvalue weighted by atomic mass is 32.2. The molecule has 0 fully saturated rings. The number of aliphatic hydroxyl groups excluding tert-OH is 1. The molecule has 0 aliphatic carbocycles. The van der Waals surface area contributed by atoms with Crippen LogP contribution < -0.4 is 4.31 Å². The Morgan fingerprint density at radius 3 is 2.70 bits per heavy atom. The second-order valence-electron chi connectivity index (χ2n) is 4.28. The monoisotopic (exact) mass is 315 g/mol. The summed E-state index contributed by atoms with van der Waals surface area (Å²) >= 11 is 1.19. The summed E-state index contributed by atoms with van der Waals surface area (Å²) in [7, 11) is -2.46. The second-order valence-corrected chi connectivity index (χ2v) is 7.15. The summed E-state index contributed by atoms with van der Waals surface area (Å²) < 4.78 is 39.5. The van der Waals surface area contributed by atoms with Crippen molar-refractivity contribution in [1.29, 1.82) is 0 Å². The van der Waals surface area contributed by atoms with E-state index >= 15 is 0 Å². The fourth-order valence-corrected chi connectivity index (χ4v) is 4.69. The van der Waals surface area contributed by atoms with Crippen LogP contribution in [0.15, 0.2) is 34.5 Å². The summed E-state index contributed by atoms with van der Waals surface area (Å²) in [6.07, 6.45) is 0. The van der Waals surface area contributed by atoms with Crippen LogP contribution in [-0.2, 0) is 16.6 Å². The highest BCUT2D eigenvalue weighted by Gasteiger charge is 2.27. The molecular weight excluding hydrogens is 301 g/mol. The molecule has 0 spiro atoms. The molecule has 0 atom stereocenters. The van der Waals surface area contributed by atoms with Gasteiger partial charge in [-0.2, -0.15) is 0 Å². The van der Waals surface area contributed by atoms with Gasteiger partial charge in [-0.15, -0.1) is 11.3 Å². The smallest absolute Gasteiger partial charge is 0.265 e. The molecule has 1 N–H and O–H groups in total. The molecule has 7 heteroatoms. The first-order valence-electron chi connectivity index (χ1n) is 5.80. The molecule has 0 unspecified atom stereocenters. The van der Waals surface area contributed by atoms with Gasteiger partial charge in [0, 0.05) is 7.05 Å². The molecule has 0 amide bonds. The number of aliphatic hydroxyl groups is 1. The summed E-state index contributed by atoms with van der Waals surface area (Å²) in [5, 5.41) is 10.9. The average Bonchev–Trinajstić information content (AvgIpc) is 2.79. The van der Waals surface area contributed by atoms with Gasteiger partial charge >= 0.3 is 0 Å². The van der Waals surface area contributed by atoms with Crippen molar-refractivity contribution in [2.45, 2.75) is 18.4 Å². The van der Waals surface area contributed by atoms with E-state index in [0.717, 1.165) is 10.4 Å². The summed E-state index contributed by atoms with van der Waals surface area (Å²) in [6.45, 7) is 1.33. The summed E-state index contributed by atoms with van der Waals surface area (Å²) in [5.41, 5.74) is 0.807. The maximum Gasteiger partial charge on any atom is 0.265 e. The van der Waals surface area contributed by atoms with Gasteiger partial charge in [0.25, 0.3) is 10.0 Å². The van der Waals surface area contributed by atoms with Crippen molar-refractivity contribution >= 4 is 27.0 Å². The third-order valence-corrected chi connectivity index (χ3v) is 6.16. The molecule has 1 heterocycles. The Bertz CT molecular complexity index is 725. The minimum Gasteiger partial charge on any atom is -0.391 e. The Hall–Kier alpha value is -1.44. The predicted molar refractivity (Wildman–Crippen MR) is 77.0 cm³/mol. The lowest BCUT2D eigenvalue weighted by Crippen LogP contribution is -2.27. The fourth-order valence-electron chi connectivity index (χ4n) is 1.89. The first kappa shape index (κ1) is 15.0. The molecule has 1 aromatic heterocycles. The number of rotatable bonds is 4. The third-order valence-electron chi connectivity index (χ3n) is 2.92. The third kappa shape index (κ3) is 2.56. The van der Waals surface area contributed by atoms with Crippen LogP contribution >= 0.6 is 11.3 Å². The van der Waals surface area contributed by atoms with Gasteiger partial charge in [-0.3, -0.25) is 4.31 Å². The Labute approximate surface area is 121 Å². The van der Waals surface area contributed by atoms with E-state index in [1.165, 1.54) is 36.6 Å². The number of thiophene rings is 1. The maximum absolute atomic E-state index is 13.2. The number of benzene rings is 1. The summed E-state index contributed by atoms with van der Waals surface area (Å²) in [5.74, 6) is -0.506. The van der Waals surface area contributed by atoms with Crippen LogP contribution in [0.25, 0.3) is 0 Å². The van der Waals surface area contributed by atoms with Gasteiger partial charge < -0.3 is 5.11 Å². The number of sulfonamides is 1. The number of hydrogen-bond acceptors (Lipinski definition) is 4. The van der Waals surface area contributed by atoms with Gasteiger partial charge in [-0.05, 0) is 36.1 Å². The highest BCUT2D eigenvalue weighted by Crippen LogP contribution is 2.31. The second kappa shape index (κ2) is 5.51. The summed E-state index contributed by atoms with van der Waals surface area (Å²) in [6, 6.07) is 5.36. The van der Waals surface area contributed by atoms with Crippen molar-refractivity contribution in [3.63, 3.8) is 0 Å². The number of halogens is 1. The van der Waals surface area contributed by atoms with E-state index in [0.29, 0.717) is 10.4 Å². The van der Waals surface area contributed by atoms with Crippen molar-refractivity contribution < 1.29 is 17.9 Å². The quantitative estimate of drug-likeness (QED) is 0.943. The predicted octanol–water partition coefficient (Wildman–Crippen LogP) is 2.51. The maximum atomic E-state index is 13.2. The van der Waals surface area contributed by atoms with Crippen LogP contribution in [0.4, 0.5) is 10.1 Å². The van der Waals surface area contributed by atoms with Crippen LogP contribution in [0.3, 0.4) is 0 Å². The molecule has 1 aromatic carbocycles. The SMILES string of the molecule is Cc1csc(CO)c1S(=O)(=O)N(C)c1cccc(F)c1. The number of anilines is 1. The molecule has 4 nitrogen and oxygen atoms in total. The molecule has 20 heavy (non-hydrogen) atoms. The molecule has 0 saturated heterocycles. The minimum absolute atomic E-state index is 0.0942. The molecule has 2 rings (SSSR count). The van der Waals surface area contributed by atoms with E-state index in [4.69, 9.17) is 0 Å². The zero-order valence-corrected chi connectivity index (χ0v) is 12.6. The number of aryl methyl sites for hydroxylation is 1. The lowest BCUT2D eigenvalue weighted by molar-refractivity contribution is 0.282. The van der Waals surface area contributed by atoms with Crippen LogP contribution in [0.2, 0.25) is 0 Å². The summed E-state index contributed by atoms with van der Waals surface area (Å²) in [4.78, 5) is 0.475. The topological polar surface area (TPSA) is 57.6 Å². The zero-order chi connectivity index (χ0) is 14.9. The van der Waals surface area contributed by atoms with E-state index in [-0.39, 0.29) is 17.2 Å². The van der Waals surface area contributed by atoms with Crippen molar-refractivity contribution in [2.75, 3.05) is 11.4 Å². The molecular formula is C13H14FNO3S2. The van der Waals surface area contributed by atoms with Gasteiger partial charge in [0.2, 0.25) is 0 Å². The number of hydrogen-bond donors (Lipinski definition) is 1. The van der Waals surface area contributed by atoms with Gasteiger partial charge in [-0.25, -0.2) is 12.8 Å². The van der Waals surface area contributed by atoms with E-state index in [1.807, 2.05) is 0 Å². The van der Waals surface area contributed by atoms with E-state index in [2.05, 4.69) is 0 Å². The number of nitrogens with zero attached hydrogens (tertiary/aromatic N) is 1. The molecule has 108 valence electrons. The Morgan fingerprint density at radius 1 is 1.40 bits per heavy atom. The molecule has 2 aromatic rings. The van der Waals surface area contributed by atoms with E-state index in [1.54, 1.807) is 12.3 Å². The Kier molecular flexibility index (Phi) is 4.12. The molecule has 0 bridgehead atoms. The van der Waals surface area contributed by atoms with Gasteiger partial charge in [0.15, 0.2) is 0 Å². The molecule has 0 saturated carbocycles. The molecule has 0 aliphatic heterocycles. The Morgan fingerprint density at radius 2 is 2.10 bits per heavy atom. The van der Waals surface area contributed by atoms with Crippen molar-refractivity contribution in [2.24, 2.45) is 0 Å². The molecule has 0 radical (unpaired) electrons. The minimum atomic E-state index is -3.82. The van der Waals surface area contributed by atoms with Gasteiger partial charge in [0.1, 0.15) is 10.7 Å². The average molecular weight is 315 g/mol. The normalized spacial score (nSPS) is 11.6. The zero-order valence-electron chi connectivity index (χ0n) is 11.0. The first-order valence-corrected chi connectivity index (χ1v) is 8.12. The largest absolute Gasteiger partial charge is 0.391 e. The standard InChI is InChI=1S/C13H14FNO3S2/c1-9-8-19-12(7-16)13(9)20(17,18)15(2)11-5-3-4-10(14)6-11/h3-6,8,16H,7H2,1-2H3. The van der Waals surface area contributed by atoms with Crippen molar-refractivity contribution in [3.8, 4) is 0 Å². The van der Waals surface area contributed by atoms with Crippen LogP contribution in [-0.4, -0.2) is 20.6 Å². The van der Waals surface area contributed by atoms with E-state index < -0.39 is 15.8 Å². The van der Waals surface area contributed by atoms with Crippen molar-refractivity contribution in [3.05, 3.63) is 45.9 Å². The van der Waals surface area contributed by atoms with E-state index in [9.17, 15) is 17.9 Å². The van der Waals surface area contributed by atoms with Crippen molar-refractivity contribution in [1.82, 2.24) is 0 Å². The lowest BCUT2D eigenvalue weighted by Gasteiger charge is -2.20. The van der Waals surface area contributed by atoms with Crippen LogP contribution in [0.5, 0.6) is 0 Å². The van der Waals surface area contributed by atoms with Gasteiger partial charge in [0.05, 0.1) is 17.2 Å². The Balaban J connectivity index is 2.52. The first-order chi connectivity index (χ1) is 9.37. The van der Waals surface area contributed by atoms with Gasteiger partial charge in [-0.1, -0.05) is 6.07 Å². The van der Waals surface area contributed by atoms with Crippen LogP contribution in [0, 0.1) is 12.7 Å². The highest BCUT2D eigenvalue weighted by molar-refractivity contribution is 7.93. The molecule has 0 aliphatic rings.